The van der Waals surface area contributed by atoms with E-state index in [9.17, 15) is 9.59 Å². The van der Waals surface area contributed by atoms with Crippen molar-refractivity contribution in [3.8, 4) is 0 Å². The summed E-state index contributed by atoms with van der Waals surface area (Å²) in [6.45, 7) is 4.30. The fraction of sp³-hybridized carbons (Fsp3) is 0.364. The van der Waals surface area contributed by atoms with Gasteiger partial charge in [0, 0.05) is 24.5 Å². The smallest absolute Gasteiger partial charge is 0.242 e. The highest BCUT2D eigenvalue weighted by Gasteiger charge is 2.25. The normalized spacial score (nSPS) is 11.7. The number of nitrogens with one attached hydrogen (secondary N) is 1. The summed E-state index contributed by atoms with van der Waals surface area (Å²) in [5.74, 6) is -0.184. The Morgan fingerprint density at radius 2 is 1.74 bits per heavy atom. The van der Waals surface area contributed by atoms with Crippen LogP contribution in [0.5, 0.6) is 0 Å². The molecular formula is C22H27BrN2O2. The Balaban J connectivity index is 2.10. The number of hydrogen-bond acceptors (Lipinski definition) is 2. The molecule has 0 aliphatic rings. The molecule has 2 rings (SSSR count). The maximum absolute atomic E-state index is 12.9. The van der Waals surface area contributed by atoms with Gasteiger partial charge in [0.15, 0.2) is 0 Å². The van der Waals surface area contributed by atoms with Gasteiger partial charge < -0.3 is 10.2 Å². The first kappa shape index (κ1) is 21.2. The van der Waals surface area contributed by atoms with E-state index in [1.54, 1.807) is 18.9 Å². The Morgan fingerprint density at radius 3 is 2.33 bits per heavy atom. The first-order chi connectivity index (χ1) is 12.9. The molecule has 1 N–H and O–H groups in total. The summed E-state index contributed by atoms with van der Waals surface area (Å²) in [5.41, 5.74) is 3.41. The van der Waals surface area contributed by atoms with Gasteiger partial charge in [0.1, 0.15) is 6.04 Å². The van der Waals surface area contributed by atoms with Crippen molar-refractivity contribution in [3.63, 3.8) is 0 Å². The van der Waals surface area contributed by atoms with E-state index >= 15 is 0 Å². The Hall–Kier alpha value is -2.14. The van der Waals surface area contributed by atoms with Gasteiger partial charge in [0.25, 0.3) is 0 Å². The maximum Gasteiger partial charge on any atom is 0.242 e. The summed E-state index contributed by atoms with van der Waals surface area (Å²) >= 11 is 3.46. The van der Waals surface area contributed by atoms with Crippen molar-refractivity contribution in [3.05, 3.63) is 69.7 Å². The van der Waals surface area contributed by atoms with Gasteiger partial charge in [-0.1, -0.05) is 59.3 Å². The number of likely N-dealkylation sites (N-methyl/N-ethyl adjacent to an activating group) is 1. The zero-order valence-electron chi connectivity index (χ0n) is 16.2. The molecule has 0 bridgehead atoms. The lowest BCUT2D eigenvalue weighted by Gasteiger charge is -2.28. The molecule has 0 aromatic heterocycles. The minimum absolute atomic E-state index is 0.0226. The third-order valence-corrected chi connectivity index (χ3v) is 5.21. The van der Waals surface area contributed by atoms with E-state index in [-0.39, 0.29) is 11.8 Å². The van der Waals surface area contributed by atoms with E-state index in [2.05, 4.69) is 52.4 Å². The largest absolute Gasteiger partial charge is 0.357 e. The molecule has 0 unspecified atom stereocenters. The minimum Gasteiger partial charge on any atom is -0.357 e. The zero-order valence-corrected chi connectivity index (χ0v) is 17.8. The van der Waals surface area contributed by atoms with Crippen LogP contribution >= 0.6 is 15.9 Å². The van der Waals surface area contributed by atoms with E-state index in [1.807, 2.05) is 24.3 Å². The molecule has 0 radical (unpaired) electrons. The van der Waals surface area contributed by atoms with Crippen LogP contribution in [0, 0.1) is 0 Å². The highest BCUT2D eigenvalue weighted by atomic mass is 79.9. The van der Waals surface area contributed by atoms with Gasteiger partial charge in [0.2, 0.25) is 11.8 Å². The van der Waals surface area contributed by atoms with E-state index in [0.29, 0.717) is 19.4 Å². The first-order valence-corrected chi connectivity index (χ1v) is 10.1. The predicted molar refractivity (Wildman–Crippen MR) is 112 cm³/mol. The number of halogens is 1. The summed E-state index contributed by atoms with van der Waals surface area (Å²) in [6, 6.07) is 15.6. The van der Waals surface area contributed by atoms with Crippen molar-refractivity contribution in [1.29, 1.82) is 0 Å². The van der Waals surface area contributed by atoms with Crippen molar-refractivity contribution in [2.75, 3.05) is 7.05 Å². The minimum atomic E-state index is -0.524. The fourth-order valence-corrected chi connectivity index (χ4v) is 3.41. The van der Waals surface area contributed by atoms with Crippen LogP contribution in [0.2, 0.25) is 0 Å². The van der Waals surface area contributed by atoms with Crippen molar-refractivity contribution < 1.29 is 9.59 Å². The molecule has 0 fully saturated rings. The number of hydrogen-bond donors (Lipinski definition) is 1. The molecule has 0 aliphatic carbocycles. The van der Waals surface area contributed by atoms with Gasteiger partial charge in [-0.15, -0.1) is 0 Å². The second kappa shape index (κ2) is 10.3. The number of aryl methyl sites for hydroxylation is 2. The lowest BCUT2D eigenvalue weighted by molar-refractivity contribution is -0.140. The van der Waals surface area contributed by atoms with Gasteiger partial charge >= 0.3 is 0 Å². The molecule has 27 heavy (non-hydrogen) atoms. The van der Waals surface area contributed by atoms with Crippen LogP contribution in [0.15, 0.2) is 53.0 Å². The van der Waals surface area contributed by atoms with Gasteiger partial charge in [-0.25, -0.2) is 0 Å². The second-order valence-electron chi connectivity index (χ2n) is 6.61. The Morgan fingerprint density at radius 1 is 1.07 bits per heavy atom. The van der Waals surface area contributed by atoms with Gasteiger partial charge in [0.05, 0.1) is 0 Å². The molecule has 1 atom stereocenters. The summed E-state index contributed by atoms with van der Waals surface area (Å²) in [6.07, 6.45) is 2.04. The third kappa shape index (κ3) is 6.21. The fourth-order valence-electron chi connectivity index (χ4n) is 2.96. The third-order valence-electron chi connectivity index (χ3n) is 4.71. The first-order valence-electron chi connectivity index (χ1n) is 9.28. The topological polar surface area (TPSA) is 49.4 Å². The molecular weight excluding hydrogens is 404 g/mol. The van der Waals surface area contributed by atoms with Crippen molar-refractivity contribution >= 4 is 27.7 Å². The Kier molecular flexibility index (Phi) is 8.04. The molecule has 0 saturated heterocycles. The van der Waals surface area contributed by atoms with Crippen LogP contribution in [0.4, 0.5) is 0 Å². The SMILES string of the molecule is CCc1ccc(CCC(=O)N(Cc2cccc(Br)c2)[C@@H](C)C(=O)NC)cc1. The van der Waals surface area contributed by atoms with Crippen molar-refractivity contribution in [2.24, 2.45) is 0 Å². The summed E-state index contributed by atoms with van der Waals surface area (Å²) in [4.78, 5) is 26.7. The van der Waals surface area contributed by atoms with Gasteiger partial charge in [-0.05, 0) is 48.6 Å². The zero-order chi connectivity index (χ0) is 19.8. The number of amides is 2. The van der Waals surface area contributed by atoms with Gasteiger partial charge in [-0.3, -0.25) is 9.59 Å². The van der Waals surface area contributed by atoms with E-state index in [0.717, 1.165) is 22.0 Å². The highest BCUT2D eigenvalue weighted by molar-refractivity contribution is 9.10. The molecule has 4 nitrogen and oxygen atoms in total. The maximum atomic E-state index is 12.9. The summed E-state index contributed by atoms with van der Waals surface area (Å²) in [7, 11) is 1.59. The van der Waals surface area contributed by atoms with Crippen LogP contribution in [0.3, 0.4) is 0 Å². The number of benzene rings is 2. The number of rotatable bonds is 8. The molecule has 0 spiro atoms. The van der Waals surface area contributed by atoms with Crippen LogP contribution in [-0.4, -0.2) is 29.8 Å². The molecule has 5 heteroatoms. The van der Waals surface area contributed by atoms with E-state index in [4.69, 9.17) is 0 Å². The predicted octanol–water partition coefficient (Wildman–Crippen LogP) is 4.11. The van der Waals surface area contributed by atoms with Crippen molar-refractivity contribution in [1.82, 2.24) is 10.2 Å². The number of carbonyl (C=O) groups is 2. The van der Waals surface area contributed by atoms with Crippen LogP contribution in [0.25, 0.3) is 0 Å². The Labute approximate surface area is 170 Å². The quantitative estimate of drug-likeness (QED) is 0.684. The van der Waals surface area contributed by atoms with Gasteiger partial charge in [-0.2, -0.15) is 0 Å². The lowest BCUT2D eigenvalue weighted by atomic mass is 10.0. The summed E-state index contributed by atoms with van der Waals surface area (Å²) in [5, 5.41) is 2.64. The van der Waals surface area contributed by atoms with Crippen LogP contribution in [-0.2, 0) is 29.0 Å². The molecule has 2 aromatic carbocycles. The second-order valence-corrected chi connectivity index (χ2v) is 7.53. The molecule has 2 aromatic rings. The standard InChI is InChI=1S/C22H27BrN2O2/c1-4-17-8-10-18(11-9-17)12-13-21(26)25(16(2)22(27)24-3)15-19-6-5-7-20(23)14-19/h5-11,14,16H,4,12-13,15H2,1-3H3,(H,24,27)/t16-/m0/s1. The Bertz CT molecular complexity index is 774. The molecule has 0 heterocycles. The lowest BCUT2D eigenvalue weighted by Crippen LogP contribution is -2.46. The average molecular weight is 431 g/mol. The number of nitrogens with zero attached hydrogens (tertiary/aromatic N) is 1. The number of carbonyl (C=O) groups excluding carboxylic acids is 2. The molecule has 0 aliphatic heterocycles. The highest BCUT2D eigenvalue weighted by Crippen LogP contribution is 2.17. The molecule has 144 valence electrons. The van der Waals surface area contributed by atoms with Crippen LogP contribution in [0.1, 0.15) is 37.0 Å². The molecule has 2 amide bonds. The van der Waals surface area contributed by atoms with Crippen LogP contribution < -0.4 is 5.32 Å². The monoisotopic (exact) mass is 430 g/mol. The van der Waals surface area contributed by atoms with E-state index < -0.39 is 6.04 Å². The van der Waals surface area contributed by atoms with E-state index in [1.165, 1.54) is 5.56 Å². The summed E-state index contributed by atoms with van der Waals surface area (Å²) < 4.78 is 0.955. The van der Waals surface area contributed by atoms with Crippen molar-refractivity contribution in [2.45, 2.75) is 45.7 Å². The average Bonchev–Trinajstić information content (AvgIpc) is 2.69. The molecule has 0 saturated carbocycles.